The van der Waals surface area contributed by atoms with Crippen LogP contribution in [0.15, 0.2) is 101 Å². The van der Waals surface area contributed by atoms with E-state index in [-0.39, 0.29) is 51.7 Å². The average molecular weight is 875 g/mol. The van der Waals surface area contributed by atoms with E-state index >= 15 is 0 Å². The second-order valence-corrected chi connectivity index (χ2v) is 18.1. The van der Waals surface area contributed by atoms with Crippen molar-refractivity contribution >= 4 is 29.6 Å². The molecule has 64 heavy (non-hydrogen) atoms. The fourth-order valence-electron chi connectivity index (χ4n) is 9.24. The predicted molar refractivity (Wildman–Crippen MR) is 243 cm³/mol. The van der Waals surface area contributed by atoms with E-state index in [4.69, 9.17) is 18.9 Å². The zero-order chi connectivity index (χ0) is 46.9. The smallest absolute Gasteiger partial charge is 0.340 e. The number of phenols is 2. The highest BCUT2D eigenvalue weighted by Crippen LogP contribution is 2.64. The van der Waals surface area contributed by atoms with E-state index in [2.05, 4.69) is 6.08 Å². The summed E-state index contributed by atoms with van der Waals surface area (Å²) in [4.78, 5) is 52.1. The quantitative estimate of drug-likeness (QED) is 0.0768. The van der Waals surface area contributed by atoms with Crippen LogP contribution in [0.4, 0.5) is 0 Å². The first-order chi connectivity index (χ1) is 30.1. The van der Waals surface area contributed by atoms with Crippen LogP contribution >= 0.6 is 0 Å². The van der Waals surface area contributed by atoms with Crippen molar-refractivity contribution in [2.45, 2.75) is 116 Å². The van der Waals surface area contributed by atoms with E-state index < -0.39 is 46.0 Å². The van der Waals surface area contributed by atoms with Gasteiger partial charge in [-0.25, -0.2) is 9.59 Å². The molecule has 3 aliphatic heterocycles. The number of phenolic OH excluding ortho intramolecular Hbond substituents is 2. The highest BCUT2D eigenvalue weighted by atomic mass is 16.6. The van der Waals surface area contributed by atoms with Crippen molar-refractivity contribution in [3.8, 4) is 28.7 Å². The molecule has 3 aromatic carbocycles. The molecule has 4 atom stereocenters. The van der Waals surface area contributed by atoms with Gasteiger partial charge in [-0.2, -0.15) is 0 Å². The molecule has 0 radical (unpaired) electrons. The minimum absolute atomic E-state index is 0.0407. The Morgan fingerprint density at radius 1 is 0.891 bits per heavy atom. The Bertz CT molecular complexity index is 2530. The molecule has 12 nitrogen and oxygen atoms in total. The summed E-state index contributed by atoms with van der Waals surface area (Å²) in [6.45, 7) is 14.9. The van der Waals surface area contributed by atoms with Crippen LogP contribution in [0.25, 0.3) is 6.08 Å². The van der Waals surface area contributed by atoms with Crippen molar-refractivity contribution in [3.63, 3.8) is 0 Å². The van der Waals surface area contributed by atoms with Gasteiger partial charge in [0.2, 0.25) is 5.60 Å². The number of allylic oxidation sites excluding steroid dienone is 5. The van der Waals surface area contributed by atoms with E-state index in [1.54, 1.807) is 62.4 Å². The normalized spacial score (nSPS) is 23.5. The van der Waals surface area contributed by atoms with Crippen LogP contribution in [-0.4, -0.2) is 73.4 Å². The summed E-state index contributed by atoms with van der Waals surface area (Å²) in [7, 11) is 1.51. The molecule has 0 amide bonds. The maximum Gasteiger partial charge on any atom is 0.340 e. The fourth-order valence-corrected chi connectivity index (χ4v) is 9.24. The van der Waals surface area contributed by atoms with Crippen molar-refractivity contribution in [1.82, 2.24) is 0 Å². The number of methoxy groups -OCH3 is 1. The summed E-state index contributed by atoms with van der Waals surface area (Å²) < 4.78 is 25.2. The summed E-state index contributed by atoms with van der Waals surface area (Å²) >= 11 is 0. The van der Waals surface area contributed by atoms with Crippen LogP contribution in [0.5, 0.6) is 28.7 Å². The first-order valence-electron chi connectivity index (χ1n) is 21.4. The molecular formula is C52H58O12. The van der Waals surface area contributed by atoms with Crippen molar-refractivity contribution in [3.05, 3.63) is 129 Å². The maximum absolute atomic E-state index is 14.7. The van der Waals surface area contributed by atoms with E-state index in [0.717, 1.165) is 12.0 Å². The second-order valence-electron chi connectivity index (χ2n) is 18.1. The average Bonchev–Trinajstić information content (AvgIpc) is 3.45. The molecule has 338 valence electrons. The zero-order valence-electron chi connectivity index (χ0n) is 38.0. The number of benzene rings is 3. The fraction of sp³-hybridized carbons (Fsp3) is 0.385. The van der Waals surface area contributed by atoms with Crippen LogP contribution in [0, 0.1) is 5.92 Å². The summed E-state index contributed by atoms with van der Waals surface area (Å²) in [6.07, 6.45) is 13.1. The number of hydrogen-bond acceptors (Lipinski definition) is 10. The molecule has 7 rings (SSSR count). The van der Waals surface area contributed by atoms with Crippen molar-refractivity contribution in [1.29, 1.82) is 0 Å². The Balaban J connectivity index is 0.000000333. The van der Waals surface area contributed by atoms with Crippen molar-refractivity contribution < 1.29 is 58.6 Å². The van der Waals surface area contributed by atoms with Gasteiger partial charge in [0, 0.05) is 40.7 Å². The number of rotatable bonds is 12. The lowest BCUT2D eigenvalue weighted by Crippen LogP contribution is -2.66. The lowest BCUT2D eigenvalue weighted by atomic mass is 9.60. The minimum Gasteiger partial charge on any atom is -0.507 e. The first-order valence-corrected chi connectivity index (χ1v) is 21.4. The van der Waals surface area contributed by atoms with Gasteiger partial charge in [-0.1, -0.05) is 65.8 Å². The molecular weight excluding hydrogens is 817 g/mol. The summed E-state index contributed by atoms with van der Waals surface area (Å²) in [5, 5.41) is 42.2. The van der Waals surface area contributed by atoms with Crippen LogP contribution in [-0.2, 0) is 20.7 Å². The molecule has 1 spiro atoms. The number of aliphatic carboxylic acids is 2. The topological polar surface area (TPSA) is 186 Å². The molecule has 4 N–H and O–H groups in total. The Kier molecular flexibility index (Phi) is 13.2. The molecule has 12 heteroatoms. The van der Waals surface area contributed by atoms with Crippen molar-refractivity contribution in [2.24, 2.45) is 5.92 Å². The number of carboxylic acid groups (broad SMARTS) is 2. The number of carbonyl (C=O) groups is 4. The minimum atomic E-state index is -2.16. The van der Waals surface area contributed by atoms with Gasteiger partial charge in [0.1, 0.15) is 39.9 Å². The van der Waals surface area contributed by atoms with Crippen LogP contribution in [0.3, 0.4) is 0 Å². The van der Waals surface area contributed by atoms with Gasteiger partial charge in [0.05, 0.1) is 23.8 Å². The second kappa shape index (κ2) is 18.0. The SMILES string of the molecule is CC(C)=CCCC1(C)C=Cc2c(O)c3c(c(CC=C(C)C)c2O1)OC12C(=CCCC1C(C)(C)OC2(CC=C(C)C(=O)O)C(=O)O)C3=O.COc1ccc(C(=O)c2ccccc2)c(O)c1. The maximum atomic E-state index is 14.7. The van der Waals surface area contributed by atoms with Gasteiger partial charge in [-0.05, 0) is 112 Å². The van der Waals surface area contributed by atoms with Crippen LogP contribution < -0.4 is 14.2 Å². The molecule has 3 heterocycles. The predicted octanol–water partition coefficient (Wildman–Crippen LogP) is 10.1. The Labute approximate surface area is 374 Å². The molecule has 4 unspecified atom stereocenters. The lowest BCUT2D eigenvalue weighted by Gasteiger charge is -2.50. The number of carboxylic acids is 2. The molecule has 0 saturated carbocycles. The van der Waals surface area contributed by atoms with Gasteiger partial charge in [0.15, 0.2) is 17.2 Å². The molecule has 4 aliphatic rings. The monoisotopic (exact) mass is 874 g/mol. The standard InChI is InChI=1S/C38H46O9.C14H12O3/c1-21(2)11-10-18-36(8)19-17-24-29(39)28-30(40)26-12-9-13-27-35(6,7)47-37(34(43)44,20-16-23(5)33(41)42)38(26,27)46-32(28)25(31(24)45-36)15-14-22(3)4;1-17-11-7-8-12(13(15)9-11)14(16)10-5-3-2-4-6-10/h11-12,14,16-17,19,27,39H,9-10,13,15,18,20H2,1-8H3,(H,41,42)(H,43,44);2-9,15H,1H3. The van der Waals surface area contributed by atoms with Crippen molar-refractivity contribution in [2.75, 3.05) is 7.11 Å². The Morgan fingerprint density at radius 3 is 2.19 bits per heavy atom. The highest BCUT2D eigenvalue weighted by Gasteiger charge is 2.77. The van der Waals surface area contributed by atoms with Gasteiger partial charge in [-0.3, -0.25) is 9.59 Å². The summed E-state index contributed by atoms with van der Waals surface area (Å²) in [5.41, 5.74) is -1.84. The number of carbonyl (C=O) groups excluding carboxylic acids is 2. The van der Waals surface area contributed by atoms with Gasteiger partial charge in [0.25, 0.3) is 0 Å². The highest BCUT2D eigenvalue weighted by molar-refractivity contribution is 6.17. The van der Waals surface area contributed by atoms with Crippen LogP contribution in [0.1, 0.15) is 125 Å². The third-order valence-corrected chi connectivity index (χ3v) is 12.5. The molecule has 1 saturated heterocycles. The number of fused-ring (bicyclic) bond motifs is 2. The molecule has 1 fully saturated rings. The third-order valence-electron chi connectivity index (χ3n) is 12.5. The van der Waals surface area contributed by atoms with E-state index in [1.807, 2.05) is 52.8 Å². The van der Waals surface area contributed by atoms with Gasteiger partial charge in [-0.15, -0.1) is 0 Å². The zero-order valence-corrected chi connectivity index (χ0v) is 38.0. The number of Topliss-reactive ketones (excluding diaryl/α,β-unsaturated/α-hetero) is 1. The largest absolute Gasteiger partial charge is 0.507 e. The summed E-state index contributed by atoms with van der Waals surface area (Å²) in [5.74, 6) is -3.28. The van der Waals surface area contributed by atoms with E-state index in [9.17, 15) is 39.6 Å². The number of ketones is 2. The summed E-state index contributed by atoms with van der Waals surface area (Å²) in [6, 6.07) is 13.5. The Hall–Kier alpha value is -6.40. The number of aromatic hydroxyl groups is 2. The number of hydrogen-bond donors (Lipinski definition) is 4. The molecule has 1 aliphatic carbocycles. The molecule has 3 aromatic rings. The van der Waals surface area contributed by atoms with Gasteiger partial charge < -0.3 is 39.4 Å². The van der Waals surface area contributed by atoms with E-state index in [0.29, 0.717) is 53.9 Å². The van der Waals surface area contributed by atoms with E-state index in [1.165, 1.54) is 31.7 Å². The van der Waals surface area contributed by atoms with Crippen LogP contribution in [0.2, 0.25) is 0 Å². The molecule has 0 aromatic heterocycles. The third kappa shape index (κ3) is 8.51. The Morgan fingerprint density at radius 2 is 1.58 bits per heavy atom. The first kappa shape index (κ1) is 47.1. The number of ether oxygens (including phenoxy) is 4. The lowest BCUT2D eigenvalue weighted by molar-refractivity contribution is -0.184. The van der Waals surface area contributed by atoms with Gasteiger partial charge >= 0.3 is 11.9 Å². The molecule has 0 bridgehead atoms.